The Morgan fingerprint density at radius 1 is 1.26 bits per heavy atom. The molecule has 0 fully saturated rings. The van der Waals surface area contributed by atoms with Crippen molar-refractivity contribution < 1.29 is 14.5 Å². The third-order valence-electron chi connectivity index (χ3n) is 3.04. The number of carbonyl (C=O) groups is 1. The van der Waals surface area contributed by atoms with Crippen LogP contribution in [0, 0.1) is 10.1 Å². The van der Waals surface area contributed by atoms with E-state index in [1.54, 1.807) is 18.2 Å². The molecule has 118 valence electrons. The molecule has 0 radical (unpaired) electrons. The van der Waals surface area contributed by atoms with Gasteiger partial charge in [-0.05, 0) is 24.6 Å². The fourth-order valence-corrected chi connectivity index (χ4v) is 2.00. The maximum absolute atomic E-state index is 11.9. The minimum Gasteiger partial charge on any atom is -0.483 e. The van der Waals surface area contributed by atoms with E-state index >= 15 is 0 Å². The first-order chi connectivity index (χ1) is 11.1. The van der Waals surface area contributed by atoms with Gasteiger partial charge in [-0.2, -0.15) is 0 Å². The van der Waals surface area contributed by atoms with E-state index < -0.39 is 4.92 Å². The highest BCUT2D eigenvalue weighted by molar-refractivity contribution is 5.91. The van der Waals surface area contributed by atoms with Crippen LogP contribution in [0.5, 0.6) is 5.75 Å². The molecule has 0 aliphatic carbocycles. The number of anilines is 1. The van der Waals surface area contributed by atoms with Crippen LogP contribution in [0.4, 0.5) is 11.4 Å². The van der Waals surface area contributed by atoms with Crippen molar-refractivity contribution in [2.24, 2.45) is 0 Å². The molecule has 1 amide bonds. The Balaban J connectivity index is 2.03. The van der Waals surface area contributed by atoms with Crippen LogP contribution in [-0.2, 0) is 11.2 Å². The predicted octanol–water partition coefficient (Wildman–Crippen LogP) is 3.34. The predicted molar refractivity (Wildman–Crippen MR) is 87.6 cm³/mol. The topological polar surface area (TPSA) is 81.5 Å². The van der Waals surface area contributed by atoms with Gasteiger partial charge in [0.15, 0.2) is 6.61 Å². The molecule has 6 heteroatoms. The van der Waals surface area contributed by atoms with Crippen LogP contribution in [0.15, 0.2) is 61.2 Å². The SMILES string of the molecule is C=CCc1cc([N+](=O)[O-])ccc1OCC(=O)Nc1ccccc1. The Kier molecular flexibility index (Phi) is 5.46. The molecule has 6 nitrogen and oxygen atoms in total. The van der Waals surface area contributed by atoms with Crippen molar-refractivity contribution in [1.29, 1.82) is 0 Å². The number of rotatable bonds is 7. The molecule has 0 bridgehead atoms. The van der Waals surface area contributed by atoms with Crippen molar-refractivity contribution in [2.75, 3.05) is 11.9 Å². The number of para-hydroxylation sites is 1. The summed E-state index contributed by atoms with van der Waals surface area (Å²) in [5.74, 6) is 0.123. The Bertz CT molecular complexity index is 714. The van der Waals surface area contributed by atoms with E-state index in [0.717, 1.165) is 0 Å². The molecule has 0 aliphatic heterocycles. The average molecular weight is 312 g/mol. The Labute approximate surface area is 133 Å². The van der Waals surface area contributed by atoms with Gasteiger partial charge in [-0.15, -0.1) is 6.58 Å². The van der Waals surface area contributed by atoms with Crippen LogP contribution in [0.1, 0.15) is 5.56 Å². The molecule has 23 heavy (non-hydrogen) atoms. The van der Waals surface area contributed by atoms with E-state index in [0.29, 0.717) is 23.4 Å². The number of carbonyl (C=O) groups excluding carboxylic acids is 1. The summed E-state index contributed by atoms with van der Waals surface area (Å²) in [5.41, 5.74) is 1.26. The molecule has 2 aromatic carbocycles. The fourth-order valence-electron chi connectivity index (χ4n) is 2.00. The van der Waals surface area contributed by atoms with Gasteiger partial charge < -0.3 is 10.1 Å². The van der Waals surface area contributed by atoms with Gasteiger partial charge in [0, 0.05) is 23.4 Å². The van der Waals surface area contributed by atoms with Gasteiger partial charge >= 0.3 is 0 Å². The first-order valence-electron chi connectivity index (χ1n) is 6.96. The summed E-state index contributed by atoms with van der Waals surface area (Å²) < 4.78 is 5.48. The number of hydrogen-bond acceptors (Lipinski definition) is 4. The van der Waals surface area contributed by atoms with Crippen LogP contribution >= 0.6 is 0 Å². The molecular weight excluding hydrogens is 296 g/mol. The Hall–Kier alpha value is -3.15. The number of hydrogen-bond donors (Lipinski definition) is 1. The highest BCUT2D eigenvalue weighted by atomic mass is 16.6. The first-order valence-corrected chi connectivity index (χ1v) is 6.96. The van der Waals surface area contributed by atoms with E-state index in [1.807, 2.05) is 18.2 Å². The molecule has 2 aromatic rings. The van der Waals surface area contributed by atoms with Gasteiger partial charge in [0.05, 0.1) is 4.92 Å². The highest BCUT2D eigenvalue weighted by Gasteiger charge is 2.12. The van der Waals surface area contributed by atoms with E-state index in [-0.39, 0.29) is 18.2 Å². The third-order valence-corrected chi connectivity index (χ3v) is 3.04. The summed E-state index contributed by atoms with van der Waals surface area (Å²) in [6.45, 7) is 3.43. The smallest absolute Gasteiger partial charge is 0.269 e. The molecule has 0 saturated carbocycles. The normalized spacial score (nSPS) is 9.91. The minimum absolute atomic E-state index is 0.0251. The van der Waals surface area contributed by atoms with Crippen LogP contribution in [0.25, 0.3) is 0 Å². The number of amides is 1. The molecule has 1 N–H and O–H groups in total. The molecule has 0 atom stereocenters. The highest BCUT2D eigenvalue weighted by Crippen LogP contribution is 2.25. The average Bonchev–Trinajstić information content (AvgIpc) is 2.54. The van der Waals surface area contributed by atoms with Crippen molar-refractivity contribution >= 4 is 17.3 Å². The molecule has 0 saturated heterocycles. The van der Waals surface area contributed by atoms with Crippen molar-refractivity contribution in [3.05, 3.63) is 76.9 Å². The zero-order valence-corrected chi connectivity index (χ0v) is 12.4. The number of nitrogens with zero attached hydrogens (tertiary/aromatic N) is 1. The van der Waals surface area contributed by atoms with Crippen molar-refractivity contribution in [3.8, 4) is 5.75 Å². The van der Waals surface area contributed by atoms with Gasteiger partial charge in [0.1, 0.15) is 5.75 Å². The number of nitrogens with one attached hydrogen (secondary N) is 1. The number of non-ortho nitro benzene ring substituents is 1. The van der Waals surface area contributed by atoms with Crippen molar-refractivity contribution in [1.82, 2.24) is 0 Å². The van der Waals surface area contributed by atoms with Crippen LogP contribution in [-0.4, -0.2) is 17.4 Å². The standard InChI is InChI=1S/C17H16N2O4/c1-2-6-13-11-15(19(21)22)9-10-16(13)23-12-17(20)18-14-7-4-3-5-8-14/h2-5,7-11H,1,6,12H2,(H,18,20). The van der Waals surface area contributed by atoms with Crippen LogP contribution < -0.4 is 10.1 Å². The molecule has 0 heterocycles. The Morgan fingerprint density at radius 2 is 2.00 bits per heavy atom. The lowest BCUT2D eigenvalue weighted by molar-refractivity contribution is -0.384. The maximum Gasteiger partial charge on any atom is 0.269 e. The second-order valence-electron chi connectivity index (χ2n) is 4.74. The lowest BCUT2D eigenvalue weighted by Gasteiger charge is -2.10. The molecule has 0 unspecified atom stereocenters. The summed E-state index contributed by atoms with van der Waals surface area (Å²) in [6, 6.07) is 13.3. The van der Waals surface area contributed by atoms with Crippen molar-refractivity contribution in [2.45, 2.75) is 6.42 Å². The van der Waals surface area contributed by atoms with Gasteiger partial charge in [-0.1, -0.05) is 24.3 Å². The summed E-state index contributed by atoms with van der Waals surface area (Å²) in [7, 11) is 0. The first kappa shape index (κ1) is 16.2. The number of nitro benzene ring substituents is 1. The summed E-state index contributed by atoms with van der Waals surface area (Å²) in [5, 5.41) is 13.5. The zero-order chi connectivity index (χ0) is 16.7. The lowest BCUT2D eigenvalue weighted by atomic mass is 10.1. The maximum atomic E-state index is 11.9. The lowest BCUT2D eigenvalue weighted by Crippen LogP contribution is -2.20. The number of allylic oxidation sites excluding steroid dienone is 1. The van der Waals surface area contributed by atoms with Crippen LogP contribution in [0.3, 0.4) is 0 Å². The van der Waals surface area contributed by atoms with E-state index in [1.165, 1.54) is 18.2 Å². The van der Waals surface area contributed by atoms with Crippen molar-refractivity contribution in [3.63, 3.8) is 0 Å². The largest absolute Gasteiger partial charge is 0.483 e. The van der Waals surface area contributed by atoms with E-state index in [2.05, 4.69) is 11.9 Å². The summed E-state index contributed by atoms with van der Waals surface area (Å²) in [4.78, 5) is 22.2. The minimum atomic E-state index is -0.474. The van der Waals surface area contributed by atoms with E-state index in [9.17, 15) is 14.9 Å². The summed E-state index contributed by atoms with van der Waals surface area (Å²) in [6.07, 6.45) is 2.03. The molecular formula is C17H16N2O4. The second kappa shape index (κ2) is 7.74. The Morgan fingerprint density at radius 3 is 2.65 bits per heavy atom. The summed E-state index contributed by atoms with van der Waals surface area (Å²) >= 11 is 0. The van der Waals surface area contributed by atoms with Gasteiger partial charge in [-0.25, -0.2) is 0 Å². The van der Waals surface area contributed by atoms with Gasteiger partial charge in [0.2, 0.25) is 0 Å². The van der Waals surface area contributed by atoms with Crippen LogP contribution in [0.2, 0.25) is 0 Å². The fraction of sp³-hybridized carbons (Fsp3) is 0.118. The molecule has 0 aliphatic rings. The zero-order valence-electron chi connectivity index (χ0n) is 12.4. The van der Waals surface area contributed by atoms with Gasteiger partial charge in [0.25, 0.3) is 11.6 Å². The third kappa shape index (κ3) is 4.67. The van der Waals surface area contributed by atoms with Gasteiger partial charge in [-0.3, -0.25) is 14.9 Å². The van der Waals surface area contributed by atoms with E-state index in [4.69, 9.17) is 4.74 Å². The molecule has 2 rings (SSSR count). The molecule has 0 spiro atoms. The molecule has 0 aromatic heterocycles. The number of benzene rings is 2. The monoisotopic (exact) mass is 312 g/mol. The number of nitro groups is 1. The second-order valence-corrected chi connectivity index (χ2v) is 4.74. The quantitative estimate of drug-likeness (QED) is 0.483. The number of ether oxygens (including phenoxy) is 1.